The van der Waals surface area contributed by atoms with Crippen LogP contribution in [0, 0.1) is 6.92 Å². The SMILES string of the molecule is Cc1c(NCCN2CCCC2)cc(C(=O)OCc2ccccc2)cc1N1CCN(C(=O)OC(C)(C)C)CC1. The van der Waals surface area contributed by atoms with E-state index in [2.05, 4.69) is 22.0 Å². The fourth-order valence-electron chi connectivity index (χ4n) is 4.95. The third kappa shape index (κ3) is 7.63. The number of benzene rings is 2. The Morgan fingerprint density at radius 2 is 1.63 bits per heavy atom. The molecule has 2 aromatic carbocycles. The maximum absolute atomic E-state index is 13.1. The molecular weight excluding hydrogens is 480 g/mol. The van der Waals surface area contributed by atoms with Crippen LogP contribution in [0.4, 0.5) is 16.2 Å². The van der Waals surface area contributed by atoms with Gasteiger partial charge in [0.1, 0.15) is 12.2 Å². The number of likely N-dealkylation sites (tertiary alicyclic amines) is 1. The van der Waals surface area contributed by atoms with Crippen molar-refractivity contribution >= 4 is 23.4 Å². The summed E-state index contributed by atoms with van der Waals surface area (Å²) in [6.45, 7) is 14.5. The molecule has 2 fully saturated rings. The van der Waals surface area contributed by atoms with Crippen LogP contribution >= 0.6 is 0 Å². The van der Waals surface area contributed by atoms with Crippen molar-refractivity contribution in [2.24, 2.45) is 0 Å². The predicted octanol–water partition coefficient (Wildman–Crippen LogP) is 4.92. The molecule has 0 aromatic heterocycles. The summed E-state index contributed by atoms with van der Waals surface area (Å²) in [5.41, 5.74) is 4.00. The van der Waals surface area contributed by atoms with E-state index >= 15 is 0 Å². The molecule has 2 aliphatic heterocycles. The van der Waals surface area contributed by atoms with Crippen LogP contribution < -0.4 is 10.2 Å². The van der Waals surface area contributed by atoms with Gasteiger partial charge in [0.2, 0.25) is 0 Å². The van der Waals surface area contributed by atoms with Crippen LogP contribution in [0.3, 0.4) is 0 Å². The molecule has 8 nitrogen and oxygen atoms in total. The molecule has 0 bridgehead atoms. The predicted molar refractivity (Wildman–Crippen MR) is 151 cm³/mol. The Balaban J connectivity index is 1.48. The van der Waals surface area contributed by atoms with E-state index in [9.17, 15) is 9.59 Å². The minimum Gasteiger partial charge on any atom is -0.457 e. The van der Waals surface area contributed by atoms with Crippen LogP contribution in [-0.4, -0.2) is 79.8 Å². The summed E-state index contributed by atoms with van der Waals surface area (Å²) >= 11 is 0. The van der Waals surface area contributed by atoms with Crippen LogP contribution in [0.25, 0.3) is 0 Å². The van der Waals surface area contributed by atoms with Crippen LogP contribution in [0.15, 0.2) is 42.5 Å². The number of carbonyl (C=O) groups excluding carboxylic acids is 2. The van der Waals surface area contributed by atoms with Gasteiger partial charge in [0, 0.05) is 50.6 Å². The van der Waals surface area contributed by atoms with E-state index in [4.69, 9.17) is 9.47 Å². The number of ether oxygens (including phenoxy) is 2. The molecule has 0 saturated carbocycles. The summed E-state index contributed by atoms with van der Waals surface area (Å²) in [5.74, 6) is -0.343. The highest BCUT2D eigenvalue weighted by Gasteiger charge is 2.27. The lowest BCUT2D eigenvalue weighted by Gasteiger charge is -2.37. The molecule has 2 saturated heterocycles. The van der Waals surface area contributed by atoms with Crippen molar-refractivity contribution in [3.05, 3.63) is 59.2 Å². The molecule has 8 heteroatoms. The minimum absolute atomic E-state index is 0.231. The van der Waals surface area contributed by atoms with E-state index in [1.54, 1.807) is 4.90 Å². The van der Waals surface area contributed by atoms with Gasteiger partial charge in [-0.3, -0.25) is 0 Å². The number of anilines is 2. The molecule has 206 valence electrons. The molecule has 2 heterocycles. The van der Waals surface area contributed by atoms with Gasteiger partial charge in [-0.1, -0.05) is 30.3 Å². The first kappa shape index (κ1) is 27.8. The molecule has 0 atom stereocenters. The second-order valence-electron chi connectivity index (χ2n) is 11.2. The highest BCUT2D eigenvalue weighted by atomic mass is 16.6. The van der Waals surface area contributed by atoms with E-state index in [1.165, 1.54) is 12.8 Å². The van der Waals surface area contributed by atoms with Crippen molar-refractivity contribution in [3.63, 3.8) is 0 Å². The van der Waals surface area contributed by atoms with Crippen molar-refractivity contribution in [2.45, 2.75) is 52.7 Å². The van der Waals surface area contributed by atoms with E-state index in [1.807, 2.05) is 63.2 Å². The normalized spacial score (nSPS) is 16.4. The van der Waals surface area contributed by atoms with E-state index in [0.717, 1.165) is 48.7 Å². The zero-order valence-electron chi connectivity index (χ0n) is 23.3. The first-order chi connectivity index (χ1) is 18.2. The van der Waals surface area contributed by atoms with Gasteiger partial charge in [0.25, 0.3) is 0 Å². The summed E-state index contributed by atoms with van der Waals surface area (Å²) in [5, 5.41) is 3.58. The molecule has 0 unspecified atom stereocenters. The van der Waals surface area contributed by atoms with E-state index in [0.29, 0.717) is 31.7 Å². The summed E-state index contributed by atoms with van der Waals surface area (Å²) in [4.78, 5) is 32.1. The van der Waals surface area contributed by atoms with Crippen molar-refractivity contribution in [2.75, 3.05) is 62.6 Å². The number of rotatable bonds is 8. The summed E-state index contributed by atoms with van der Waals surface area (Å²) in [6.07, 6.45) is 2.25. The maximum atomic E-state index is 13.1. The van der Waals surface area contributed by atoms with Crippen molar-refractivity contribution in [3.8, 4) is 0 Å². The number of hydrogen-bond donors (Lipinski definition) is 1. The summed E-state index contributed by atoms with van der Waals surface area (Å²) in [7, 11) is 0. The van der Waals surface area contributed by atoms with Crippen molar-refractivity contribution in [1.29, 1.82) is 0 Å². The van der Waals surface area contributed by atoms with Crippen LogP contribution in [0.1, 0.15) is 55.1 Å². The Hall–Kier alpha value is -3.26. The molecule has 1 N–H and O–H groups in total. The minimum atomic E-state index is -0.519. The van der Waals surface area contributed by atoms with Gasteiger partial charge >= 0.3 is 12.1 Å². The molecule has 0 radical (unpaired) electrons. The maximum Gasteiger partial charge on any atom is 0.410 e. The third-order valence-corrected chi connectivity index (χ3v) is 7.04. The van der Waals surface area contributed by atoms with Crippen molar-refractivity contribution in [1.82, 2.24) is 9.80 Å². The molecule has 38 heavy (non-hydrogen) atoms. The lowest BCUT2D eigenvalue weighted by Crippen LogP contribution is -2.50. The number of carbonyl (C=O) groups is 2. The zero-order valence-corrected chi connectivity index (χ0v) is 23.3. The first-order valence-electron chi connectivity index (χ1n) is 13.7. The molecule has 1 amide bonds. The van der Waals surface area contributed by atoms with Gasteiger partial charge in [-0.25, -0.2) is 9.59 Å². The van der Waals surface area contributed by atoms with Gasteiger partial charge in [0.15, 0.2) is 0 Å². The number of esters is 1. The quantitative estimate of drug-likeness (QED) is 0.494. The number of nitrogens with one attached hydrogen (secondary N) is 1. The number of hydrogen-bond acceptors (Lipinski definition) is 7. The lowest BCUT2D eigenvalue weighted by molar-refractivity contribution is 0.0240. The highest BCUT2D eigenvalue weighted by Crippen LogP contribution is 2.31. The number of amides is 1. The highest BCUT2D eigenvalue weighted by molar-refractivity contribution is 5.93. The van der Waals surface area contributed by atoms with Gasteiger partial charge in [-0.15, -0.1) is 0 Å². The third-order valence-electron chi connectivity index (χ3n) is 7.04. The van der Waals surface area contributed by atoms with E-state index < -0.39 is 5.60 Å². The molecule has 0 spiro atoms. The van der Waals surface area contributed by atoms with Crippen LogP contribution in [-0.2, 0) is 16.1 Å². The Labute approximate surface area is 226 Å². The smallest absolute Gasteiger partial charge is 0.410 e. The second-order valence-corrected chi connectivity index (χ2v) is 11.2. The average Bonchev–Trinajstić information content (AvgIpc) is 3.41. The van der Waals surface area contributed by atoms with Gasteiger partial charge in [-0.2, -0.15) is 0 Å². The number of piperazine rings is 1. The topological polar surface area (TPSA) is 74.4 Å². The van der Waals surface area contributed by atoms with Gasteiger partial charge < -0.3 is 29.5 Å². The molecule has 0 aliphatic carbocycles. The first-order valence-corrected chi connectivity index (χ1v) is 13.7. The number of nitrogens with zero attached hydrogens (tertiary/aromatic N) is 3. The second kappa shape index (κ2) is 12.5. The van der Waals surface area contributed by atoms with Crippen LogP contribution in [0.5, 0.6) is 0 Å². The molecule has 4 rings (SSSR count). The van der Waals surface area contributed by atoms with Gasteiger partial charge in [0.05, 0.1) is 5.56 Å². The lowest BCUT2D eigenvalue weighted by atomic mass is 10.0. The monoisotopic (exact) mass is 522 g/mol. The Bertz CT molecular complexity index is 1090. The molecular formula is C30H42N4O4. The Kier molecular flexibility index (Phi) is 9.15. The fraction of sp³-hybridized carbons (Fsp3) is 0.533. The van der Waals surface area contributed by atoms with Crippen molar-refractivity contribution < 1.29 is 19.1 Å². The Morgan fingerprint density at radius 3 is 2.29 bits per heavy atom. The van der Waals surface area contributed by atoms with Gasteiger partial charge in [-0.05, 0) is 76.9 Å². The molecule has 2 aromatic rings. The van der Waals surface area contributed by atoms with Crippen LogP contribution in [0.2, 0.25) is 0 Å². The Morgan fingerprint density at radius 1 is 0.947 bits per heavy atom. The fourth-order valence-corrected chi connectivity index (χ4v) is 4.95. The average molecular weight is 523 g/mol. The zero-order chi connectivity index (χ0) is 27.1. The standard InChI is InChI=1S/C30H42N4O4/c1-23-26(31-12-15-32-13-8-9-14-32)20-25(28(35)37-22-24-10-6-5-7-11-24)21-27(23)33-16-18-34(19-17-33)29(36)38-30(2,3)4/h5-7,10-11,20-21,31H,8-9,12-19,22H2,1-4H3. The summed E-state index contributed by atoms with van der Waals surface area (Å²) in [6, 6.07) is 13.6. The molecule has 2 aliphatic rings. The van der Waals surface area contributed by atoms with E-state index in [-0.39, 0.29) is 18.7 Å². The summed E-state index contributed by atoms with van der Waals surface area (Å²) < 4.78 is 11.2. The largest absolute Gasteiger partial charge is 0.457 e.